The fraction of sp³-hybridized carbons (Fsp3) is 1.00. The first kappa shape index (κ1) is 13.9. The van der Waals surface area contributed by atoms with Gasteiger partial charge >= 0.3 is 0 Å². The fourth-order valence-corrected chi connectivity index (χ4v) is 2.89. The van der Waals surface area contributed by atoms with E-state index in [-0.39, 0.29) is 0 Å². The standard InChI is InChI=1S/C11H22N2O.C2H6/c1-12-9-11(10-12)3-5-13(6-4-11)7-8-14-2;1-2/h3-10H2,1-2H3;1-2H3. The van der Waals surface area contributed by atoms with Crippen molar-refractivity contribution in [2.24, 2.45) is 5.41 Å². The second kappa shape index (κ2) is 6.58. The Balaban J connectivity index is 0.000000606. The summed E-state index contributed by atoms with van der Waals surface area (Å²) in [6, 6.07) is 0. The van der Waals surface area contributed by atoms with E-state index >= 15 is 0 Å². The van der Waals surface area contributed by atoms with Crippen LogP contribution in [0, 0.1) is 5.41 Å². The van der Waals surface area contributed by atoms with E-state index in [1.165, 1.54) is 39.0 Å². The van der Waals surface area contributed by atoms with E-state index in [0.717, 1.165) is 13.2 Å². The van der Waals surface area contributed by atoms with Gasteiger partial charge in [-0.3, -0.25) is 0 Å². The van der Waals surface area contributed by atoms with Crippen LogP contribution >= 0.6 is 0 Å². The Bertz CT molecular complexity index is 180. The fourth-order valence-electron chi connectivity index (χ4n) is 2.89. The highest BCUT2D eigenvalue weighted by atomic mass is 16.5. The van der Waals surface area contributed by atoms with E-state index in [1.807, 2.05) is 13.8 Å². The van der Waals surface area contributed by atoms with E-state index < -0.39 is 0 Å². The van der Waals surface area contributed by atoms with E-state index in [4.69, 9.17) is 4.74 Å². The third kappa shape index (κ3) is 3.44. The molecule has 0 radical (unpaired) electrons. The van der Waals surface area contributed by atoms with E-state index in [0.29, 0.717) is 5.41 Å². The first-order valence-electron chi connectivity index (χ1n) is 6.64. The van der Waals surface area contributed by atoms with Crippen LogP contribution in [0.5, 0.6) is 0 Å². The molecule has 2 rings (SSSR count). The molecular formula is C13H28N2O. The molecule has 1 spiro atoms. The highest BCUT2D eigenvalue weighted by molar-refractivity contribution is 4.96. The zero-order valence-electron chi connectivity index (χ0n) is 11.5. The van der Waals surface area contributed by atoms with E-state index in [2.05, 4.69) is 16.8 Å². The van der Waals surface area contributed by atoms with Crippen molar-refractivity contribution in [2.75, 3.05) is 53.5 Å². The predicted octanol–water partition coefficient (Wildman–Crippen LogP) is 1.69. The summed E-state index contributed by atoms with van der Waals surface area (Å²) in [6.45, 7) is 11.2. The molecule has 0 aromatic carbocycles. The van der Waals surface area contributed by atoms with Crippen molar-refractivity contribution in [3.8, 4) is 0 Å². The average Bonchev–Trinajstić information content (AvgIpc) is 2.29. The Morgan fingerprint density at radius 1 is 1.12 bits per heavy atom. The van der Waals surface area contributed by atoms with Gasteiger partial charge in [-0.15, -0.1) is 0 Å². The Hall–Kier alpha value is -0.120. The average molecular weight is 228 g/mol. The predicted molar refractivity (Wildman–Crippen MR) is 68.8 cm³/mol. The molecule has 2 fully saturated rings. The second-order valence-electron chi connectivity index (χ2n) is 5.01. The van der Waals surface area contributed by atoms with Gasteiger partial charge in [-0.2, -0.15) is 0 Å². The second-order valence-corrected chi connectivity index (χ2v) is 5.01. The summed E-state index contributed by atoms with van der Waals surface area (Å²) in [5.41, 5.74) is 0.693. The summed E-state index contributed by atoms with van der Waals surface area (Å²) in [5.74, 6) is 0. The molecule has 3 heteroatoms. The van der Waals surface area contributed by atoms with Crippen molar-refractivity contribution < 1.29 is 4.74 Å². The molecule has 0 aromatic rings. The van der Waals surface area contributed by atoms with Crippen LogP contribution in [-0.2, 0) is 4.74 Å². The Kier molecular flexibility index (Phi) is 5.73. The Morgan fingerprint density at radius 2 is 1.69 bits per heavy atom. The normalized spacial score (nSPS) is 24.8. The molecule has 0 aromatic heterocycles. The van der Waals surface area contributed by atoms with Gasteiger partial charge in [-0.1, -0.05) is 13.8 Å². The SMILES string of the molecule is CC.COCCN1CCC2(CC1)CN(C)C2. The summed E-state index contributed by atoms with van der Waals surface area (Å²) in [6.07, 6.45) is 2.78. The summed E-state index contributed by atoms with van der Waals surface area (Å²) in [4.78, 5) is 4.97. The Morgan fingerprint density at radius 3 is 2.12 bits per heavy atom. The quantitative estimate of drug-likeness (QED) is 0.731. The van der Waals surface area contributed by atoms with Gasteiger partial charge in [0.2, 0.25) is 0 Å². The number of rotatable bonds is 3. The van der Waals surface area contributed by atoms with Crippen LogP contribution < -0.4 is 0 Å². The van der Waals surface area contributed by atoms with Crippen molar-refractivity contribution in [3.05, 3.63) is 0 Å². The molecule has 96 valence electrons. The molecule has 16 heavy (non-hydrogen) atoms. The lowest BCUT2D eigenvalue weighted by atomic mass is 9.72. The van der Waals surface area contributed by atoms with E-state index in [9.17, 15) is 0 Å². The minimum atomic E-state index is 0.693. The zero-order valence-corrected chi connectivity index (χ0v) is 11.5. The number of piperidine rings is 1. The van der Waals surface area contributed by atoms with Gasteiger partial charge in [-0.05, 0) is 38.4 Å². The summed E-state index contributed by atoms with van der Waals surface area (Å²) < 4.78 is 5.10. The van der Waals surface area contributed by atoms with Crippen LogP contribution in [0.1, 0.15) is 26.7 Å². The minimum Gasteiger partial charge on any atom is -0.383 e. The third-order valence-corrected chi connectivity index (χ3v) is 3.74. The smallest absolute Gasteiger partial charge is 0.0589 e. The topological polar surface area (TPSA) is 15.7 Å². The maximum Gasteiger partial charge on any atom is 0.0589 e. The lowest BCUT2D eigenvalue weighted by Gasteiger charge is -2.53. The van der Waals surface area contributed by atoms with Crippen LogP contribution in [0.15, 0.2) is 0 Å². The van der Waals surface area contributed by atoms with Gasteiger partial charge in [0.1, 0.15) is 0 Å². The van der Waals surface area contributed by atoms with Crippen molar-refractivity contribution in [2.45, 2.75) is 26.7 Å². The Labute approximate surface area is 101 Å². The van der Waals surface area contributed by atoms with Crippen molar-refractivity contribution in [1.82, 2.24) is 9.80 Å². The number of hydrogen-bond donors (Lipinski definition) is 0. The molecule has 0 unspecified atom stereocenters. The molecule has 0 saturated carbocycles. The van der Waals surface area contributed by atoms with Gasteiger partial charge < -0.3 is 14.5 Å². The molecule has 2 aliphatic rings. The van der Waals surface area contributed by atoms with Crippen LogP contribution in [0.4, 0.5) is 0 Å². The van der Waals surface area contributed by atoms with Crippen molar-refractivity contribution in [1.29, 1.82) is 0 Å². The molecular weight excluding hydrogens is 200 g/mol. The highest BCUT2D eigenvalue weighted by Crippen LogP contribution is 2.39. The van der Waals surface area contributed by atoms with Crippen molar-refractivity contribution >= 4 is 0 Å². The molecule has 0 atom stereocenters. The number of likely N-dealkylation sites (tertiary alicyclic amines) is 2. The molecule has 2 saturated heterocycles. The third-order valence-electron chi connectivity index (χ3n) is 3.74. The molecule has 0 N–H and O–H groups in total. The van der Waals surface area contributed by atoms with Crippen LogP contribution in [0.3, 0.4) is 0 Å². The molecule has 0 amide bonds. The number of methoxy groups -OCH3 is 1. The largest absolute Gasteiger partial charge is 0.383 e. The summed E-state index contributed by atoms with van der Waals surface area (Å²) in [5, 5.41) is 0. The number of ether oxygens (including phenoxy) is 1. The van der Waals surface area contributed by atoms with Gasteiger partial charge in [0.15, 0.2) is 0 Å². The lowest BCUT2D eigenvalue weighted by molar-refractivity contribution is -0.0345. The van der Waals surface area contributed by atoms with Gasteiger partial charge in [-0.25, -0.2) is 0 Å². The molecule has 0 aliphatic carbocycles. The minimum absolute atomic E-state index is 0.693. The molecule has 2 aliphatic heterocycles. The highest BCUT2D eigenvalue weighted by Gasteiger charge is 2.42. The van der Waals surface area contributed by atoms with Gasteiger partial charge in [0.05, 0.1) is 6.61 Å². The maximum absolute atomic E-state index is 5.10. The molecule has 0 bridgehead atoms. The number of hydrogen-bond acceptors (Lipinski definition) is 3. The number of nitrogens with zero attached hydrogens (tertiary/aromatic N) is 2. The van der Waals surface area contributed by atoms with Crippen molar-refractivity contribution in [3.63, 3.8) is 0 Å². The first-order valence-corrected chi connectivity index (χ1v) is 6.64. The zero-order chi connectivity index (χ0) is 12.0. The van der Waals surface area contributed by atoms with Crippen LogP contribution in [0.2, 0.25) is 0 Å². The van der Waals surface area contributed by atoms with E-state index in [1.54, 1.807) is 7.11 Å². The van der Waals surface area contributed by atoms with Crippen LogP contribution in [-0.4, -0.2) is 63.3 Å². The molecule has 3 nitrogen and oxygen atoms in total. The summed E-state index contributed by atoms with van der Waals surface area (Å²) in [7, 11) is 4.01. The van der Waals surface area contributed by atoms with Crippen LogP contribution in [0.25, 0.3) is 0 Å². The van der Waals surface area contributed by atoms with Gasteiger partial charge in [0.25, 0.3) is 0 Å². The lowest BCUT2D eigenvalue weighted by Crippen LogP contribution is -2.58. The first-order chi connectivity index (χ1) is 7.74. The monoisotopic (exact) mass is 228 g/mol. The summed E-state index contributed by atoms with van der Waals surface area (Å²) >= 11 is 0. The molecule has 2 heterocycles. The maximum atomic E-state index is 5.10. The van der Waals surface area contributed by atoms with Gasteiger partial charge in [0, 0.05) is 26.7 Å².